The zero-order chi connectivity index (χ0) is 28.6. The summed E-state index contributed by atoms with van der Waals surface area (Å²) in [4.78, 5) is 19.7. The Bertz CT molecular complexity index is 1520. The van der Waals surface area contributed by atoms with E-state index in [2.05, 4.69) is 66.8 Å². The molecule has 0 aliphatic carbocycles. The number of carbonyl (C=O) groups is 1. The molecule has 0 N–H and O–H groups in total. The summed E-state index contributed by atoms with van der Waals surface area (Å²) in [5, 5.41) is 6.37. The van der Waals surface area contributed by atoms with Crippen molar-refractivity contribution in [2.24, 2.45) is 0 Å². The third-order valence-corrected chi connectivity index (χ3v) is 9.12. The maximum Gasteiger partial charge on any atom is 0.410 e. The second-order valence-electron chi connectivity index (χ2n) is 11.8. The molecule has 2 aliphatic heterocycles. The second-order valence-corrected chi connectivity index (χ2v) is 13.6. The van der Waals surface area contributed by atoms with Gasteiger partial charge in [0.25, 0.3) is 0 Å². The lowest BCUT2D eigenvalue weighted by Gasteiger charge is -2.35. The number of hydrogen-bond acceptors (Lipinski definition) is 7. The van der Waals surface area contributed by atoms with E-state index in [9.17, 15) is 4.79 Å². The number of piperazine rings is 1. The van der Waals surface area contributed by atoms with E-state index in [4.69, 9.17) is 14.2 Å². The topological polar surface area (TPSA) is 66.7 Å². The Labute approximate surface area is 254 Å². The minimum absolute atomic E-state index is 0.262. The molecule has 216 valence electrons. The van der Waals surface area contributed by atoms with Gasteiger partial charge < -0.3 is 14.5 Å². The Kier molecular flexibility index (Phi) is 8.07. The molecule has 1 amide bonds. The van der Waals surface area contributed by atoms with Crippen LogP contribution in [-0.4, -0.2) is 74.9 Å². The average molecular weight is 638 g/mol. The number of rotatable bonds is 6. The Hall–Kier alpha value is -2.95. The minimum atomic E-state index is -0.518. The zero-order valence-corrected chi connectivity index (χ0v) is 26.4. The number of anilines is 1. The molecular weight excluding hydrogens is 600 g/mol. The smallest absolute Gasteiger partial charge is 0.410 e. The van der Waals surface area contributed by atoms with Crippen LogP contribution < -0.4 is 4.90 Å². The summed E-state index contributed by atoms with van der Waals surface area (Å²) >= 11 is 5.14. The monoisotopic (exact) mass is 636 g/mol. The van der Waals surface area contributed by atoms with Gasteiger partial charge in [0.2, 0.25) is 0 Å². The predicted octanol–water partition coefficient (Wildman–Crippen LogP) is 6.43. The summed E-state index contributed by atoms with van der Waals surface area (Å²) in [5.74, 6) is 1.13. The van der Waals surface area contributed by atoms with Crippen molar-refractivity contribution in [1.29, 1.82) is 0 Å². The van der Waals surface area contributed by atoms with Gasteiger partial charge in [0.1, 0.15) is 11.4 Å². The molecule has 4 heterocycles. The summed E-state index contributed by atoms with van der Waals surface area (Å²) in [6, 6.07) is 16.8. The summed E-state index contributed by atoms with van der Waals surface area (Å²) in [5.41, 5.74) is 3.89. The minimum Gasteiger partial charge on any atom is -0.444 e. The molecule has 0 spiro atoms. The van der Waals surface area contributed by atoms with E-state index in [0.29, 0.717) is 13.1 Å². The van der Waals surface area contributed by atoms with Crippen molar-refractivity contribution < 1.29 is 9.53 Å². The maximum atomic E-state index is 12.9. The number of ether oxygens (including phenoxy) is 1. The molecule has 2 aliphatic rings. The maximum absolute atomic E-state index is 12.9. The Morgan fingerprint density at radius 1 is 1.00 bits per heavy atom. The van der Waals surface area contributed by atoms with Crippen LogP contribution in [0, 0.1) is 0 Å². The number of carbonyl (C=O) groups excluding carboxylic acids is 1. The third kappa shape index (κ3) is 6.29. The highest BCUT2D eigenvalue weighted by Gasteiger charge is 2.30. The fraction of sp³-hybridized carbons (Fsp3) is 0.452. The molecule has 2 aromatic heterocycles. The van der Waals surface area contributed by atoms with Crippen molar-refractivity contribution in [3.8, 4) is 11.3 Å². The van der Waals surface area contributed by atoms with E-state index in [1.165, 1.54) is 15.8 Å². The van der Waals surface area contributed by atoms with Crippen LogP contribution in [0.25, 0.3) is 21.3 Å². The molecule has 41 heavy (non-hydrogen) atoms. The van der Waals surface area contributed by atoms with Crippen LogP contribution in [-0.2, 0) is 24.2 Å². The van der Waals surface area contributed by atoms with E-state index in [0.717, 1.165) is 79.2 Å². The molecule has 8 nitrogen and oxygen atoms in total. The van der Waals surface area contributed by atoms with Gasteiger partial charge in [-0.25, -0.2) is 4.79 Å². The van der Waals surface area contributed by atoms with Crippen molar-refractivity contribution in [2.75, 3.05) is 44.2 Å². The highest BCUT2D eigenvalue weighted by atomic mass is 79.9. The van der Waals surface area contributed by atoms with Crippen LogP contribution in [0.1, 0.15) is 38.4 Å². The van der Waals surface area contributed by atoms with Crippen LogP contribution in [0.3, 0.4) is 0 Å². The lowest BCUT2D eigenvalue weighted by atomic mass is 10.0. The van der Waals surface area contributed by atoms with Crippen LogP contribution >= 0.6 is 27.5 Å². The third-order valence-electron chi connectivity index (χ3n) is 7.78. The van der Waals surface area contributed by atoms with Gasteiger partial charge in [-0.3, -0.25) is 9.58 Å². The first-order valence-electron chi connectivity index (χ1n) is 14.4. The number of amides is 1. The zero-order valence-electron chi connectivity index (χ0n) is 24.0. The Balaban J connectivity index is 1.11. The summed E-state index contributed by atoms with van der Waals surface area (Å²) in [6.07, 6.45) is 1.55. The van der Waals surface area contributed by atoms with Gasteiger partial charge in [-0.05, 0) is 63.0 Å². The fourth-order valence-corrected chi connectivity index (χ4v) is 6.79. The van der Waals surface area contributed by atoms with Gasteiger partial charge in [-0.2, -0.15) is 9.47 Å². The molecule has 6 rings (SSSR count). The van der Waals surface area contributed by atoms with Gasteiger partial charge >= 0.3 is 6.09 Å². The Morgan fingerprint density at radius 3 is 2.51 bits per heavy atom. The second kappa shape index (κ2) is 11.7. The standard InChI is InChI=1S/C31H37BrN6O2S/c1-31(2,3)40-30(39)37-16-13-26-25(21-37)28(22-9-11-23(32)12-10-22)33-38(26)15-6-14-35-17-19-36(20-18-35)29-24-7-4-5-8-27(24)41-34-29/h4-5,7-12H,6,13-21H2,1-3H3. The van der Waals surface area contributed by atoms with E-state index >= 15 is 0 Å². The molecule has 0 atom stereocenters. The van der Waals surface area contributed by atoms with Crippen molar-refractivity contribution >= 4 is 49.5 Å². The highest BCUT2D eigenvalue weighted by Crippen LogP contribution is 2.32. The summed E-state index contributed by atoms with van der Waals surface area (Å²) in [6.45, 7) is 12.9. The molecule has 0 radical (unpaired) electrons. The summed E-state index contributed by atoms with van der Waals surface area (Å²) < 4.78 is 14.9. The van der Waals surface area contributed by atoms with Crippen molar-refractivity contribution in [3.05, 3.63) is 64.3 Å². The SMILES string of the molecule is CC(C)(C)OC(=O)N1CCc2c(c(-c3ccc(Br)cc3)nn2CCCN2CCN(c3nsc4ccccc34)CC2)C1. The first kappa shape index (κ1) is 28.2. The van der Waals surface area contributed by atoms with Gasteiger partial charge in [-0.1, -0.05) is 40.2 Å². The number of hydrogen-bond donors (Lipinski definition) is 0. The first-order valence-corrected chi connectivity index (χ1v) is 16.0. The normalized spacial score (nSPS) is 16.3. The lowest BCUT2D eigenvalue weighted by Crippen LogP contribution is -2.47. The van der Waals surface area contributed by atoms with Crippen LogP contribution in [0.5, 0.6) is 0 Å². The van der Waals surface area contributed by atoms with E-state index in [-0.39, 0.29) is 6.09 Å². The van der Waals surface area contributed by atoms with Crippen LogP contribution in [0.2, 0.25) is 0 Å². The summed E-state index contributed by atoms with van der Waals surface area (Å²) in [7, 11) is 0. The highest BCUT2D eigenvalue weighted by molar-refractivity contribution is 9.10. The molecule has 2 aromatic carbocycles. The van der Waals surface area contributed by atoms with E-state index in [1.807, 2.05) is 37.8 Å². The molecule has 1 fully saturated rings. The average Bonchev–Trinajstić information content (AvgIpc) is 3.55. The van der Waals surface area contributed by atoms with Gasteiger partial charge in [0.15, 0.2) is 0 Å². The molecule has 1 saturated heterocycles. The largest absolute Gasteiger partial charge is 0.444 e. The van der Waals surface area contributed by atoms with E-state index < -0.39 is 5.60 Å². The lowest BCUT2D eigenvalue weighted by molar-refractivity contribution is 0.0223. The van der Waals surface area contributed by atoms with Crippen molar-refractivity contribution in [3.63, 3.8) is 0 Å². The molecule has 4 aromatic rings. The molecule has 10 heteroatoms. The predicted molar refractivity (Wildman–Crippen MR) is 169 cm³/mol. The molecule has 0 unspecified atom stereocenters. The fourth-order valence-electron chi connectivity index (χ4n) is 5.73. The Morgan fingerprint density at radius 2 is 1.76 bits per heavy atom. The van der Waals surface area contributed by atoms with Crippen LogP contribution in [0.4, 0.5) is 10.6 Å². The number of benzene rings is 2. The first-order chi connectivity index (χ1) is 19.7. The van der Waals surface area contributed by atoms with E-state index in [1.54, 1.807) is 11.5 Å². The van der Waals surface area contributed by atoms with Crippen LogP contribution in [0.15, 0.2) is 53.0 Å². The van der Waals surface area contributed by atoms with Gasteiger partial charge in [0.05, 0.1) is 16.9 Å². The number of halogens is 1. The quantitative estimate of drug-likeness (QED) is 0.243. The number of aryl methyl sites for hydroxylation is 1. The number of fused-ring (bicyclic) bond motifs is 2. The van der Waals surface area contributed by atoms with Crippen molar-refractivity contribution in [2.45, 2.75) is 52.3 Å². The van der Waals surface area contributed by atoms with Gasteiger partial charge in [0, 0.05) is 78.9 Å². The number of aromatic nitrogens is 3. The molecule has 0 bridgehead atoms. The van der Waals surface area contributed by atoms with Gasteiger partial charge in [-0.15, -0.1) is 0 Å². The number of nitrogens with zero attached hydrogens (tertiary/aromatic N) is 6. The molecule has 0 saturated carbocycles. The molecular formula is C31H37BrN6O2S. The van der Waals surface area contributed by atoms with Crippen molar-refractivity contribution in [1.82, 2.24) is 24.0 Å².